The Balaban J connectivity index is 3.04. The topological polar surface area (TPSA) is 38.9 Å². The molecule has 0 unspecified atom stereocenters. The van der Waals surface area contributed by atoms with Crippen LogP contribution in [0.5, 0.6) is 0 Å². The molecule has 1 rings (SSSR count). The van der Waals surface area contributed by atoms with Gasteiger partial charge < -0.3 is 5.73 Å². The smallest absolute Gasteiger partial charge is 0.141 e. The molecule has 12 heavy (non-hydrogen) atoms. The summed E-state index contributed by atoms with van der Waals surface area (Å²) in [5.41, 5.74) is 6.24. The first-order valence-electron chi connectivity index (χ1n) is 3.71. The van der Waals surface area contributed by atoms with E-state index >= 15 is 0 Å². The Morgan fingerprint density at radius 3 is 3.00 bits per heavy atom. The summed E-state index contributed by atoms with van der Waals surface area (Å²) < 4.78 is 12.7. The number of aromatic nitrogens is 1. The highest BCUT2D eigenvalue weighted by molar-refractivity contribution is 6.30. The van der Waals surface area contributed by atoms with Crippen LogP contribution in [0.25, 0.3) is 0 Å². The van der Waals surface area contributed by atoms with Gasteiger partial charge in [-0.05, 0) is 12.5 Å². The maximum atomic E-state index is 12.7. The lowest BCUT2D eigenvalue weighted by Crippen LogP contribution is -2.10. The van der Waals surface area contributed by atoms with Crippen LogP contribution >= 0.6 is 11.6 Å². The zero-order valence-electron chi connectivity index (χ0n) is 6.72. The van der Waals surface area contributed by atoms with Gasteiger partial charge in [-0.2, -0.15) is 0 Å². The van der Waals surface area contributed by atoms with Crippen molar-refractivity contribution in [3.8, 4) is 0 Å². The SMILES string of the molecule is CC[C@H](N)c1cc(F)cnc1Cl. The van der Waals surface area contributed by atoms with Crippen molar-refractivity contribution >= 4 is 11.6 Å². The van der Waals surface area contributed by atoms with Crippen LogP contribution in [0, 0.1) is 5.82 Å². The molecule has 0 aliphatic carbocycles. The number of hydrogen-bond donors (Lipinski definition) is 1. The Labute approximate surface area is 75.6 Å². The molecule has 0 fully saturated rings. The first kappa shape index (κ1) is 9.42. The molecule has 0 amide bonds. The largest absolute Gasteiger partial charge is 0.324 e. The summed E-state index contributed by atoms with van der Waals surface area (Å²) in [7, 11) is 0. The van der Waals surface area contributed by atoms with Crippen LogP contribution in [0.4, 0.5) is 4.39 Å². The number of nitrogens with zero attached hydrogens (tertiary/aromatic N) is 1. The third-order valence-corrected chi connectivity index (χ3v) is 1.99. The Morgan fingerprint density at radius 2 is 2.42 bits per heavy atom. The van der Waals surface area contributed by atoms with Crippen LogP contribution in [0.15, 0.2) is 12.3 Å². The molecule has 1 atom stereocenters. The van der Waals surface area contributed by atoms with Gasteiger partial charge in [0.2, 0.25) is 0 Å². The van der Waals surface area contributed by atoms with E-state index in [1.165, 1.54) is 6.07 Å². The molecule has 0 aliphatic rings. The molecular weight excluding hydrogens is 179 g/mol. The summed E-state index contributed by atoms with van der Waals surface area (Å²) in [6.07, 6.45) is 1.79. The average Bonchev–Trinajstić information content (AvgIpc) is 2.08. The number of halogens is 2. The molecular formula is C8H10ClFN2. The van der Waals surface area contributed by atoms with Gasteiger partial charge in [0.05, 0.1) is 6.20 Å². The van der Waals surface area contributed by atoms with Crippen LogP contribution in [0.1, 0.15) is 24.9 Å². The van der Waals surface area contributed by atoms with Crippen molar-refractivity contribution in [1.82, 2.24) is 4.98 Å². The van der Waals surface area contributed by atoms with Gasteiger partial charge in [-0.3, -0.25) is 0 Å². The highest BCUT2D eigenvalue weighted by Gasteiger charge is 2.09. The predicted molar refractivity (Wildman–Crippen MR) is 46.4 cm³/mol. The maximum Gasteiger partial charge on any atom is 0.141 e. The van der Waals surface area contributed by atoms with Crippen molar-refractivity contribution in [2.75, 3.05) is 0 Å². The van der Waals surface area contributed by atoms with Gasteiger partial charge in [-0.1, -0.05) is 18.5 Å². The Bertz CT molecular complexity index is 278. The fourth-order valence-corrected chi connectivity index (χ4v) is 1.16. The Kier molecular flexibility index (Phi) is 3.00. The minimum absolute atomic E-state index is 0.235. The monoisotopic (exact) mass is 188 g/mol. The van der Waals surface area contributed by atoms with Gasteiger partial charge in [-0.25, -0.2) is 9.37 Å². The van der Waals surface area contributed by atoms with Crippen LogP contribution in [-0.4, -0.2) is 4.98 Å². The molecule has 0 spiro atoms. The van der Waals surface area contributed by atoms with E-state index in [4.69, 9.17) is 17.3 Å². The summed E-state index contributed by atoms with van der Waals surface area (Å²) in [6.45, 7) is 1.91. The second kappa shape index (κ2) is 3.83. The molecule has 1 heterocycles. The van der Waals surface area contributed by atoms with Gasteiger partial charge in [0.15, 0.2) is 0 Å². The number of rotatable bonds is 2. The molecule has 0 saturated carbocycles. The summed E-state index contributed by atoms with van der Waals surface area (Å²) in [5.74, 6) is -0.404. The molecule has 2 N–H and O–H groups in total. The molecule has 0 radical (unpaired) electrons. The van der Waals surface area contributed by atoms with Gasteiger partial charge in [0, 0.05) is 11.6 Å². The zero-order chi connectivity index (χ0) is 9.14. The van der Waals surface area contributed by atoms with Gasteiger partial charge in [-0.15, -0.1) is 0 Å². The quantitative estimate of drug-likeness (QED) is 0.724. The summed E-state index contributed by atoms with van der Waals surface area (Å²) in [5, 5.41) is 0.283. The minimum atomic E-state index is -0.404. The van der Waals surface area contributed by atoms with Crippen molar-refractivity contribution in [1.29, 1.82) is 0 Å². The maximum absolute atomic E-state index is 12.7. The lowest BCUT2D eigenvalue weighted by molar-refractivity contribution is 0.608. The van der Waals surface area contributed by atoms with Gasteiger partial charge in [0.25, 0.3) is 0 Å². The molecule has 0 aliphatic heterocycles. The third-order valence-electron chi connectivity index (χ3n) is 1.67. The van der Waals surface area contributed by atoms with Crippen molar-refractivity contribution in [2.45, 2.75) is 19.4 Å². The van der Waals surface area contributed by atoms with Crippen LogP contribution in [-0.2, 0) is 0 Å². The zero-order valence-corrected chi connectivity index (χ0v) is 7.48. The Hall–Kier alpha value is -0.670. The molecule has 66 valence electrons. The highest BCUT2D eigenvalue weighted by Crippen LogP contribution is 2.21. The first-order chi connectivity index (χ1) is 5.65. The van der Waals surface area contributed by atoms with Crippen molar-refractivity contribution in [3.63, 3.8) is 0 Å². The molecule has 2 nitrogen and oxygen atoms in total. The van der Waals surface area contributed by atoms with Crippen LogP contribution in [0.3, 0.4) is 0 Å². The number of nitrogens with two attached hydrogens (primary N) is 1. The van der Waals surface area contributed by atoms with Crippen molar-refractivity contribution in [2.24, 2.45) is 5.73 Å². The van der Waals surface area contributed by atoms with Crippen molar-refractivity contribution < 1.29 is 4.39 Å². The van der Waals surface area contributed by atoms with E-state index in [2.05, 4.69) is 4.98 Å². The number of hydrogen-bond acceptors (Lipinski definition) is 2. The highest BCUT2D eigenvalue weighted by atomic mass is 35.5. The van der Waals surface area contributed by atoms with E-state index in [0.717, 1.165) is 6.20 Å². The van der Waals surface area contributed by atoms with Crippen LogP contribution < -0.4 is 5.73 Å². The fourth-order valence-electron chi connectivity index (χ4n) is 0.918. The molecule has 4 heteroatoms. The van der Waals surface area contributed by atoms with Gasteiger partial charge >= 0.3 is 0 Å². The van der Waals surface area contributed by atoms with Crippen LogP contribution in [0.2, 0.25) is 5.15 Å². The molecule has 0 aromatic carbocycles. The van der Waals surface area contributed by atoms with E-state index in [1.54, 1.807) is 0 Å². The van der Waals surface area contributed by atoms with E-state index in [0.29, 0.717) is 12.0 Å². The first-order valence-corrected chi connectivity index (χ1v) is 4.09. The lowest BCUT2D eigenvalue weighted by atomic mass is 10.1. The van der Waals surface area contributed by atoms with E-state index < -0.39 is 5.82 Å². The van der Waals surface area contributed by atoms with E-state index in [-0.39, 0.29) is 11.2 Å². The minimum Gasteiger partial charge on any atom is -0.324 e. The third kappa shape index (κ3) is 1.93. The summed E-state index contributed by atoms with van der Waals surface area (Å²) in [4.78, 5) is 3.66. The van der Waals surface area contributed by atoms with E-state index in [1.807, 2.05) is 6.92 Å². The molecule has 0 bridgehead atoms. The average molecular weight is 189 g/mol. The summed E-state index contributed by atoms with van der Waals surface area (Å²) in [6, 6.07) is 1.09. The Morgan fingerprint density at radius 1 is 1.75 bits per heavy atom. The summed E-state index contributed by atoms with van der Waals surface area (Å²) >= 11 is 5.71. The lowest BCUT2D eigenvalue weighted by Gasteiger charge is -2.09. The molecule has 1 aromatic rings. The second-order valence-electron chi connectivity index (χ2n) is 2.55. The number of pyridine rings is 1. The van der Waals surface area contributed by atoms with E-state index in [9.17, 15) is 4.39 Å². The normalized spacial score (nSPS) is 13.0. The second-order valence-corrected chi connectivity index (χ2v) is 2.91. The predicted octanol–water partition coefficient (Wildman–Crippen LogP) is 2.28. The standard InChI is InChI=1S/C8H10ClFN2/c1-2-7(11)6-3-5(10)4-12-8(6)9/h3-4,7H,2,11H2,1H3/t7-/m0/s1. The van der Waals surface area contributed by atoms with Gasteiger partial charge in [0.1, 0.15) is 11.0 Å². The van der Waals surface area contributed by atoms with Crippen molar-refractivity contribution in [3.05, 3.63) is 28.8 Å². The fraction of sp³-hybridized carbons (Fsp3) is 0.375. The molecule has 1 aromatic heterocycles. The molecule has 0 saturated heterocycles.